The minimum absolute atomic E-state index is 0.285. The fourth-order valence-electron chi connectivity index (χ4n) is 4.72. The molecule has 0 bridgehead atoms. The number of fused-ring (bicyclic) bond motifs is 2. The molecule has 1 N–H and O–H groups in total. The molecule has 1 fully saturated rings. The summed E-state index contributed by atoms with van der Waals surface area (Å²) in [5.74, 6) is 0.0266. The number of benzene rings is 3. The first-order valence-electron chi connectivity index (χ1n) is 11.0. The summed E-state index contributed by atoms with van der Waals surface area (Å²) in [6.45, 7) is 1.92. The number of carbonyl (C=O) groups excluding carboxylic acids is 3. The predicted octanol–water partition coefficient (Wildman–Crippen LogP) is 3.59. The second-order valence-electron chi connectivity index (χ2n) is 8.65. The maximum atomic E-state index is 13.4. The van der Waals surface area contributed by atoms with Gasteiger partial charge in [0.05, 0.1) is 7.11 Å². The number of anilines is 1. The first-order valence-corrected chi connectivity index (χ1v) is 11.0. The number of amides is 4. The van der Waals surface area contributed by atoms with Crippen LogP contribution in [0.25, 0.3) is 10.8 Å². The molecule has 0 saturated carbocycles. The third-order valence-electron chi connectivity index (χ3n) is 6.60. The maximum Gasteiger partial charge on any atom is 0.325 e. The van der Waals surface area contributed by atoms with E-state index in [1.54, 1.807) is 18.9 Å². The van der Waals surface area contributed by atoms with Crippen molar-refractivity contribution in [1.29, 1.82) is 0 Å². The largest absolute Gasteiger partial charge is 0.497 e. The molecule has 1 unspecified atom stereocenters. The van der Waals surface area contributed by atoms with E-state index in [9.17, 15) is 14.4 Å². The lowest BCUT2D eigenvalue weighted by Crippen LogP contribution is -2.46. The van der Waals surface area contributed by atoms with Crippen LogP contribution in [0.15, 0.2) is 60.7 Å². The van der Waals surface area contributed by atoms with Crippen LogP contribution in [0.1, 0.15) is 24.5 Å². The molecule has 7 nitrogen and oxygen atoms in total. The second kappa shape index (κ2) is 7.92. The van der Waals surface area contributed by atoms with Crippen molar-refractivity contribution in [2.75, 3.05) is 25.1 Å². The van der Waals surface area contributed by atoms with Gasteiger partial charge in [-0.3, -0.25) is 14.5 Å². The summed E-state index contributed by atoms with van der Waals surface area (Å²) in [5.41, 5.74) is 1.28. The molecule has 2 aliphatic rings. The Kier molecular flexibility index (Phi) is 5.04. The monoisotopic (exact) mass is 443 g/mol. The van der Waals surface area contributed by atoms with Crippen LogP contribution < -0.4 is 15.0 Å². The summed E-state index contributed by atoms with van der Waals surface area (Å²) in [6, 6.07) is 18.6. The van der Waals surface area contributed by atoms with E-state index >= 15 is 0 Å². The zero-order valence-corrected chi connectivity index (χ0v) is 18.6. The molecule has 1 atom stereocenters. The standard InChI is InChI=1S/C26H25N3O4/c1-26(20-10-9-17-6-3-4-7-18(17)14-20)24(31)29(25(32)27-26)16-23(30)28-13-5-8-19-15-21(33-2)11-12-22(19)28/h3-4,6-7,9-12,14-15H,5,8,13,16H2,1-2H3,(H,27,32). The molecule has 4 amide bonds. The van der Waals surface area contributed by atoms with Gasteiger partial charge in [0.15, 0.2) is 0 Å². The smallest absolute Gasteiger partial charge is 0.325 e. The molecule has 1 saturated heterocycles. The van der Waals surface area contributed by atoms with Gasteiger partial charge in [-0.25, -0.2) is 4.79 Å². The zero-order valence-electron chi connectivity index (χ0n) is 18.6. The molecule has 2 aliphatic heterocycles. The van der Waals surface area contributed by atoms with Gasteiger partial charge in [0.1, 0.15) is 17.8 Å². The lowest BCUT2D eigenvalue weighted by Gasteiger charge is -2.31. The Balaban J connectivity index is 1.39. The Bertz CT molecular complexity index is 1290. The van der Waals surface area contributed by atoms with Crippen LogP contribution >= 0.6 is 0 Å². The number of rotatable bonds is 4. The average molecular weight is 444 g/mol. The summed E-state index contributed by atoms with van der Waals surface area (Å²) in [6.07, 6.45) is 1.65. The van der Waals surface area contributed by atoms with Crippen LogP contribution in [0.4, 0.5) is 10.5 Å². The molecular formula is C26H25N3O4. The van der Waals surface area contributed by atoms with Gasteiger partial charge in [-0.2, -0.15) is 0 Å². The molecule has 5 rings (SSSR count). The van der Waals surface area contributed by atoms with Crippen molar-refractivity contribution in [2.45, 2.75) is 25.3 Å². The predicted molar refractivity (Wildman–Crippen MR) is 125 cm³/mol. The van der Waals surface area contributed by atoms with Crippen molar-refractivity contribution in [1.82, 2.24) is 10.2 Å². The van der Waals surface area contributed by atoms with Gasteiger partial charge >= 0.3 is 6.03 Å². The second-order valence-corrected chi connectivity index (χ2v) is 8.65. The average Bonchev–Trinajstić information content (AvgIpc) is 3.06. The molecule has 7 heteroatoms. The van der Waals surface area contributed by atoms with Crippen molar-refractivity contribution in [2.24, 2.45) is 0 Å². The molecule has 2 heterocycles. The van der Waals surface area contributed by atoms with Crippen LogP contribution in [0.2, 0.25) is 0 Å². The lowest BCUT2D eigenvalue weighted by atomic mass is 9.90. The SMILES string of the molecule is COc1ccc2c(c1)CCCN2C(=O)CN1C(=O)NC(C)(c2ccc3ccccc3c2)C1=O. The highest BCUT2D eigenvalue weighted by molar-refractivity contribution is 6.11. The van der Waals surface area contributed by atoms with Crippen molar-refractivity contribution in [3.63, 3.8) is 0 Å². The Hall–Kier alpha value is -3.87. The van der Waals surface area contributed by atoms with Gasteiger partial charge in [0, 0.05) is 12.2 Å². The van der Waals surface area contributed by atoms with Crippen molar-refractivity contribution in [3.05, 3.63) is 71.8 Å². The summed E-state index contributed by atoms with van der Waals surface area (Å²) < 4.78 is 5.29. The van der Waals surface area contributed by atoms with E-state index in [0.717, 1.165) is 45.5 Å². The quantitative estimate of drug-likeness (QED) is 0.625. The van der Waals surface area contributed by atoms with E-state index < -0.39 is 17.5 Å². The van der Waals surface area contributed by atoms with Gasteiger partial charge in [-0.05, 0) is 65.9 Å². The minimum atomic E-state index is -1.23. The number of carbonyl (C=O) groups is 3. The van der Waals surface area contributed by atoms with E-state index in [0.29, 0.717) is 12.1 Å². The molecule has 0 aliphatic carbocycles. The van der Waals surface area contributed by atoms with Crippen LogP contribution in [-0.4, -0.2) is 42.9 Å². The number of aryl methyl sites for hydroxylation is 1. The molecule has 3 aromatic carbocycles. The number of methoxy groups -OCH3 is 1. The maximum absolute atomic E-state index is 13.4. The van der Waals surface area contributed by atoms with Crippen LogP contribution in [-0.2, 0) is 21.5 Å². The third-order valence-corrected chi connectivity index (χ3v) is 6.60. The van der Waals surface area contributed by atoms with E-state index in [-0.39, 0.29) is 12.5 Å². The van der Waals surface area contributed by atoms with Gasteiger partial charge < -0.3 is 15.0 Å². The van der Waals surface area contributed by atoms with E-state index in [1.807, 2.05) is 60.7 Å². The third kappa shape index (κ3) is 3.50. The van der Waals surface area contributed by atoms with Gasteiger partial charge in [-0.1, -0.05) is 36.4 Å². The first kappa shape index (κ1) is 21.0. The highest BCUT2D eigenvalue weighted by atomic mass is 16.5. The number of nitrogens with zero attached hydrogens (tertiary/aromatic N) is 2. The van der Waals surface area contributed by atoms with Crippen molar-refractivity contribution < 1.29 is 19.1 Å². The minimum Gasteiger partial charge on any atom is -0.497 e. The van der Waals surface area contributed by atoms with Gasteiger partial charge in [0.2, 0.25) is 5.91 Å². The van der Waals surface area contributed by atoms with Gasteiger partial charge in [-0.15, -0.1) is 0 Å². The highest BCUT2D eigenvalue weighted by Crippen LogP contribution is 2.33. The summed E-state index contributed by atoms with van der Waals surface area (Å²) in [5, 5.41) is 4.83. The number of ether oxygens (including phenoxy) is 1. The number of hydrogen-bond acceptors (Lipinski definition) is 4. The Morgan fingerprint density at radius 2 is 1.85 bits per heavy atom. The number of urea groups is 1. The molecule has 0 radical (unpaired) electrons. The Labute approximate surface area is 191 Å². The van der Waals surface area contributed by atoms with Crippen LogP contribution in [0, 0.1) is 0 Å². The zero-order chi connectivity index (χ0) is 23.2. The lowest BCUT2D eigenvalue weighted by molar-refractivity contribution is -0.134. The number of hydrogen-bond donors (Lipinski definition) is 1. The van der Waals surface area contributed by atoms with Crippen molar-refractivity contribution >= 4 is 34.3 Å². The normalized spacial score (nSPS) is 20.1. The number of imide groups is 1. The fraction of sp³-hybridized carbons (Fsp3) is 0.269. The summed E-state index contributed by atoms with van der Waals surface area (Å²) in [4.78, 5) is 42.1. The molecule has 33 heavy (non-hydrogen) atoms. The van der Waals surface area contributed by atoms with Gasteiger partial charge in [0.25, 0.3) is 5.91 Å². The summed E-state index contributed by atoms with van der Waals surface area (Å²) >= 11 is 0. The fourth-order valence-corrected chi connectivity index (χ4v) is 4.72. The van der Waals surface area contributed by atoms with Crippen LogP contribution in [0.3, 0.4) is 0 Å². The van der Waals surface area contributed by atoms with E-state index in [1.165, 1.54) is 0 Å². The van der Waals surface area contributed by atoms with Crippen molar-refractivity contribution in [3.8, 4) is 5.75 Å². The first-order chi connectivity index (χ1) is 15.9. The Morgan fingerprint density at radius 1 is 1.06 bits per heavy atom. The molecule has 0 spiro atoms. The Morgan fingerprint density at radius 3 is 2.64 bits per heavy atom. The van der Waals surface area contributed by atoms with Crippen LogP contribution in [0.5, 0.6) is 5.75 Å². The molecule has 0 aromatic heterocycles. The molecular weight excluding hydrogens is 418 g/mol. The van der Waals surface area contributed by atoms with E-state index in [4.69, 9.17) is 4.74 Å². The topological polar surface area (TPSA) is 79.0 Å². The molecule has 168 valence electrons. The highest BCUT2D eigenvalue weighted by Gasteiger charge is 2.50. The molecule has 3 aromatic rings. The number of nitrogens with one attached hydrogen (secondary N) is 1. The van der Waals surface area contributed by atoms with E-state index in [2.05, 4.69) is 5.32 Å². The summed E-state index contributed by atoms with van der Waals surface area (Å²) in [7, 11) is 1.61.